The van der Waals surface area contributed by atoms with Crippen molar-refractivity contribution in [3.63, 3.8) is 0 Å². The van der Waals surface area contributed by atoms with Gasteiger partial charge in [0.1, 0.15) is 9.23 Å². The number of fused-ring (bicyclic) bond motifs is 1. The van der Waals surface area contributed by atoms with Crippen molar-refractivity contribution in [3.8, 4) is 0 Å². The van der Waals surface area contributed by atoms with Crippen LogP contribution in [0.15, 0.2) is 35.2 Å². The molecule has 0 amide bonds. The number of para-hydroxylation sites is 1. The van der Waals surface area contributed by atoms with Crippen molar-refractivity contribution < 1.29 is 8.42 Å². The first kappa shape index (κ1) is 17.7. The molecule has 4 rings (SSSR count). The van der Waals surface area contributed by atoms with Crippen LogP contribution in [0.1, 0.15) is 23.8 Å². The molecule has 132 valence electrons. The standard InChI is InChI=1S/C16H14Cl2N2O2S3/c17-14-9-13(15(18)24-14)25(21,22)20-7-5-10(6-8-20)16-19-11-3-1-2-4-12(11)23-16/h1-4,9-10H,5-8H2. The largest absolute Gasteiger partial charge is 0.245 e. The average molecular weight is 433 g/mol. The van der Waals surface area contributed by atoms with Crippen LogP contribution in [0.5, 0.6) is 0 Å². The molecule has 1 fully saturated rings. The Balaban J connectivity index is 1.52. The lowest BCUT2D eigenvalue weighted by molar-refractivity contribution is 0.319. The predicted octanol–water partition coefficient (Wildman–Crippen LogP) is 5.23. The van der Waals surface area contributed by atoms with Gasteiger partial charge >= 0.3 is 0 Å². The highest BCUT2D eigenvalue weighted by atomic mass is 35.5. The van der Waals surface area contributed by atoms with Crippen molar-refractivity contribution >= 4 is 66.1 Å². The van der Waals surface area contributed by atoms with E-state index >= 15 is 0 Å². The first-order valence-corrected chi connectivity index (χ1v) is 11.6. The maximum absolute atomic E-state index is 12.8. The molecule has 3 aromatic rings. The van der Waals surface area contributed by atoms with Crippen LogP contribution in [0.3, 0.4) is 0 Å². The molecule has 1 saturated heterocycles. The summed E-state index contributed by atoms with van der Waals surface area (Å²) in [5.74, 6) is 0.297. The molecule has 0 spiro atoms. The van der Waals surface area contributed by atoms with Crippen LogP contribution >= 0.6 is 45.9 Å². The van der Waals surface area contributed by atoms with E-state index < -0.39 is 10.0 Å². The summed E-state index contributed by atoms with van der Waals surface area (Å²) >= 11 is 14.7. The number of aromatic nitrogens is 1. The lowest BCUT2D eigenvalue weighted by Gasteiger charge is -2.30. The average Bonchev–Trinajstić information content (AvgIpc) is 3.18. The van der Waals surface area contributed by atoms with Crippen LogP contribution in [0.2, 0.25) is 8.67 Å². The van der Waals surface area contributed by atoms with Gasteiger partial charge in [0.2, 0.25) is 10.0 Å². The summed E-state index contributed by atoms with van der Waals surface area (Å²) in [6.07, 6.45) is 1.52. The van der Waals surface area contributed by atoms with E-state index in [1.807, 2.05) is 18.2 Å². The van der Waals surface area contributed by atoms with Crippen LogP contribution in [0.4, 0.5) is 0 Å². The molecule has 1 aromatic carbocycles. The number of thiazole rings is 1. The van der Waals surface area contributed by atoms with Crippen LogP contribution in [-0.2, 0) is 10.0 Å². The zero-order valence-electron chi connectivity index (χ0n) is 13.0. The number of sulfonamides is 1. The lowest BCUT2D eigenvalue weighted by Crippen LogP contribution is -2.37. The maximum atomic E-state index is 12.8. The second-order valence-electron chi connectivity index (χ2n) is 5.89. The Kier molecular flexibility index (Phi) is 4.81. The van der Waals surface area contributed by atoms with Crippen LogP contribution in [-0.4, -0.2) is 30.8 Å². The molecule has 9 heteroatoms. The molecule has 0 N–H and O–H groups in total. The van der Waals surface area contributed by atoms with Gasteiger partial charge in [0.05, 0.1) is 19.6 Å². The van der Waals surface area contributed by atoms with Gasteiger partial charge in [0.15, 0.2) is 0 Å². The molecule has 2 aromatic heterocycles. The molecule has 1 aliphatic heterocycles. The van der Waals surface area contributed by atoms with E-state index in [0.29, 0.717) is 23.3 Å². The van der Waals surface area contributed by atoms with Crippen LogP contribution in [0.25, 0.3) is 10.2 Å². The molecule has 0 aliphatic carbocycles. The zero-order valence-corrected chi connectivity index (χ0v) is 16.9. The first-order chi connectivity index (χ1) is 11.9. The van der Waals surface area contributed by atoms with Gasteiger partial charge in [-0.1, -0.05) is 35.3 Å². The molecule has 0 radical (unpaired) electrons. The summed E-state index contributed by atoms with van der Waals surface area (Å²) in [7, 11) is -3.59. The molecule has 0 bridgehead atoms. The minimum atomic E-state index is -3.59. The van der Waals surface area contributed by atoms with E-state index in [9.17, 15) is 8.42 Å². The number of halogens is 2. The summed E-state index contributed by atoms with van der Waals surface area (Å²) in [5.41, 5.74) is 1.01. The molecule has 25 heavy (non-hydrogen) atoms. The number of benzene rings is 1. The number of thiophene rings is 1. The third-order valence-corrected chi connectivity index (χ3v) is 9.21. The third kappa shape index (κ3) is 3.34. The molecule has 0 unspecified atom stereocenters. The van der Waals surface area contributed by atoms with Crippen molar-refractivity contribution in [2.24, 2.45) is 0 Å². The van der Waals surface area contributed by atoms with Crippen molar-refractivity contribution in [3.05, 3.63) is 44.0 Å². The van der Waals surface area contributed by atoms with Gasteiger partial charge in [-0.25, -0.2) is 13.4 Å². The summed E-state index contributed by atoms with van der Waals surface area (Å²) in [5, 5.41) is 1.09. The highest BCUT2D eigenvalue weighted by molar-refractivity contribution is 7.89. The minimum Gasteiger partial charge on any atom is -0.241 e. The summed E-state index contributed by atoms with van der Waals surface area (Å²) < 4.78 is 28.8. The Morgan fingerprint density at radius 2 is 1.84 bits per heavy atom. The summed E-state index contributed by atoms with van der Waals surface area (Å²) in [6, 6.07) is 9.51. The number of hydrogen-bond donors (Lipinski definition) is 0. The van der Waals surface area contributed by atoms with Crippen LogP contribution in [0, 0.1) is 0 Å². The monoisotopic (exact) mass is 432 g/mol. The van der Waals surface area contributed by atoms with Gasteiger partial charge in [-0.3, -0.25) is 0 Å². The smallest absolute Gasteiger partial charge is 0.241 e. The van der Waals surface area contributed by atoms with Crippen molar-refractivity contribution in [2.75, 3.05) is 13.1 Å². The minimum absolute atomic E-state index is 0.114. The Bertz CT molecular complexity index is 988. The molecular weight excluding hydrogens is 419 g/mol. The lowest BCUT2D eigenvalue weighted by atomic mass is 9.99. The summed E-state index contributed by atoms with van der Waals surface area (Å²) in [6.45, 7) is 0.930. The Labute approximate surface area is 164 Å². The van der Waals surface area contributed by atoms with E-state index in [0.717, 1.165) is 34.7 Å². The molecule has 3 heterocycles. The molecule has 1 aliphatic rings. The SMILES string of the molecule is O=S(=O)(c1cc(Cl)sc1Cl)N1CCC(c2nc3ccccc3s2)CC1. The van der Waals surface area contributed by atoms with Crippen molar-refractivity contribution in [2.45, 2.75) is 23.7 Å². The van der Waals surface area contributed by atoms with E-state index in [-0.39, 0.29) is 9.23 Å². The highest BCUT2D eigenvalue weighted by Gasteiger charge is 2.33. The third-order valence-electron chi connectivity index (χ3n) is 4.36. The Morgan fingerprint density at radius 1 is 1.12 bits per heavy atom. The topological polar surface area (TPSA) is 50.3 Å². The van der Waals surface area contributed by atoms with E-state index in [2.05, 4.69) is 6.07 Å². The highest BCUT2D eigenvalue weighted by Crippen LogP contribution is 2.39. The zero-order chi connectivity index (χ0) is 17.6. The van der Waals surface area contributed by atoms with Crippen molar-refractivity contribution in [1.82, 2.24) is 9.29 Å². The Morgan fingerprint density at radius 3 is 2.48 bits per heavy atom. The fraction of sp³-hybridized carbons (Fsp3) is 0.312. The molecule has 0 atom stereocenters. The number of piperidine rings is 1. The fourth-order valence-electron chi connectivity index (χ4n) is 3.05. The van der Waals surface area contributed by atoms with Gasteiger partial charge in [-0.2, -0.15) is 4.31 Å². The quantitative estimate of drug-likeness (QED) is 0.568. The van der Waals surface area contributed by atoms with Gasteiger partial charge in [0.25, 0.3) is 0 Å². The second kappa shape index (κ2) is 6.79. The van der Waals surface area contributed by atoms with Gasteiger partial charge < -0.3 is 0 Å². The Hall–Kier alpha value is -0.700. The molecule has 0 saturated carbocycles. The normalized spacial score (nSPS) is 17.4. The molecule has 4 nitrogen and oxygen atoms in total. The number of hydrogen-bond acceptors (Lipinski definition) is 5. The van der Waals surface area contributed by atoms with Crippen molar-refractivity contribution in [1.29, 1.82) is 0 Å². The summed E-state index contributed by atoms with van der Waals surface area (Å²) in [4.78, 5) is 4.83. The second-order valence-corrected chi connectivity index (χ2v) is 11.1. The number of nitrogens with zero attached hydrogens (tertiary/aromatic N) is 2. The van der Waals surface area contributed by atoms with Gasteiger partial charge in [-0.15, -0.1) is 22.7 Å². The molecular formula is C16H14Cl2N2O2S3. The van der Waals surface area contributed by atoms with Crippen LogP contribution < -0.4 is 0 Å². The van der Waals surface area contributed by atoms with E-state index in [1.165, 1.54) is 15.1 Å². The van der Waals surface area contributed by atoms with E-state index in [4.69, 9.17) is 28.2 Å². The fourth-order valence-corrected chi connectivity index (χ4v) is 7.77. The van der Waals surface area contributed by atoms with Gasteiger partial charge in [-0.05, 0) is 31.0 Å². The first-order valence-electron chi connectivity index (χ1n) is 7.75. The van der Waals surface area contributed by atoms with E-state index in [1.54, 1.807) is 11.3 Å². The van der Waals surface area contributed by atoms with Gasteiger partial charge in [0, 0.05) is 19.0 Å². The maximum Gasteiger partial charge on any atom is 0.245 e. The predicted molar refractivity (Wildman–Crippen MR) is 105 cm³/mol. The number of rotatable bonds is 3.